The van der Waals surface area contributed by atoms with Crippen LogP contribution in [-0.2, 0) is 21.0 Å². The second kappa shape index (κ2) is 5.71. The number of rotatable bonds is 4. The number of alkyl halides is 3. The molecule has 0 unspecified atom stereocenters. The van der Waals surface area contributed by atoms with Gasteiger partial charge in [0.05, 0.1) is 22.1 Å². The molecule has 1 atom stereocenters. The molecule has 1 aromatic rings. The van der Waals surface area contributed by atoms with Crippen LogP contribution in [0.2, 0.25) is 0 Å². The van der Waals surface area contributed by atoms with Crippen molar-refractivity contribution in [1.82, 2.24) is 4.72 Å². The van der Waals surface area contributed by atoms with Gasteiger partial charge >= 0.3 is 12.1 Å². The molecule has 1 rings (SSSR count). The molecule has 2 N–H and O–H groups in total. The first-order valence-corrected chi connectivity index (χ1v) is 6.84. The van der Waals surface area contributed by atoms with E-state index in [4.69, 9.17) is 10.4 Å². The van der Waals surface area contributed by atoms with Gasteiger partial charge < -0.3 is 5.11 Å². The van der Waals surface area contributed by atoms with Crippen molar-refractivity contribution in [2.75, 3.05) is 0 Å². The maximum atomic E-state index is 12.6. The number of nitrogens with one attached hydrogen (secondary N) is 1. The SMILES string of the molecule is C[C@@H](NS(=O)(=O)c1ccc(C(F)(F)F)c(C#N)c1)C(=O)O. The molecule has 1 aromatic carbocycles. The maximum absolute atomic E-state index is 12.6. The molecule has 0 radical (unpaired) electrons. The zero-order chi connectivity index (χ0) is 16.4. The van der Waals surface area contributed by atoms with Crippen LogP contribution in [0.5, 0.6) is 0 Å². The van der Waals surface area contributed by atoms with Crippen molar-refractivity contribution >= 4 is 16.0 Å². The Morgan fingerprint density at radius 1 is 1.43 bits per heavy atom. The Bertz CT molecular complexity index is 707. The summed E-state index contributed by atoms with van der Waals surface area (Å²) >= 11 is 0. The van der Waals surface area contributed by atoms with E-state index in [1.54, 1.807) is 4.72 Å². The van der Waals surface area contributed by atoms with Gasteiger partial charge in [-0.1, -0.05) is 0 Å². The molecule has 0 aliphatic carbocycles. The van der Waals surface area contributed by atoms with Crippen LogP contribution in [0.4, 0.5) is 13.2 Å². The predicted molar refractivity (Wildman–Crippen MR) is 63.6 cm³/mol. The fraction of sp³-hybridized carbons (Fsp3) is 0.273. The van der Waals surface area contributed by atoms with Crippen LogP contribution >= 0.6 is 0 Å². The number of sulfonamides is 1. The number of hydrogen-bond donors (Lipinski definition) is 2. The highest BCUT2D eigenvalue weighted by Crippen LogP contribution is 2.32. The first-order chi connectivity index (χ1) is 9.49. The zero-order valence-electron chi connectivity index (χ0n) is 10.5. The molecule has 114 valence electrons. The normalized spacial score (nSPS) is 13.5. The number of carboxylic acid groups (broad SMARTS) is 1. The van der Waals surface area contributed by atoms with E-state index in [-0.39, 0.29) is 0 Å². The van der Waals surface area contributed by atoms with Gasteiger partial charge in [0.15, 0.2) is 0 Å². The molecule has 0 bridgehead atoms. The summed E-state index contributed by atoms with van der Waals surface area (Å²) in [6, 6.07) is 1.44. The fourth-order valence-electron chi connectivity index (χ4n) is 1.38. The molecule has 0 saturated carbocycles. The first kappa shape index (κ1) is 16.9. The standard InChI is InChI=1S/C11H9F3N2O4S/c1-6(10(17)18)16-21(19,20)8-2-3-9(11(12,13)14)7(4-8)5-15/h2-4,6,16H,1H3,(H,17,18)/t6-/m1/s1. The number of benzene rings is 1. The number of aliphatic carboxylic acids is 1. The minimum atomic E-state index is -4.80. The summed E-state index contributed by atoms with van der Waals surface area (Å²) in [6.45, 7) is 1.05. The number of carbonyl (C=O) groups is 1. The average Bonchev–Trinajstić information content (AvgIpc) is 2.36. The predicted octanol–water partition coefficient (Wildman–Crippen LogP) is 1.33. The third kappa shape index (κ3) is 3.93. The molecule has 0 aliphatic rings. The highest BCUT2D eigenvalue weighted by atomic mass is 32.2. The summed E-state index contributed by atoms with van der Waals surface area (Å²) in [7, 11) is -4.35. The molecule has 0 heterocycles. The number of carboxylic acids is 1. The van der Waals surface area contributed by atoms with Gasteiger partial charge in [-0.05, 0) is 25.1 Å². The molecule has 10 heteroatoms. The summed E-state index contributed by atoms with van der Waals surface area (Å²) in [5.74, 6) is -1.45. The summed E-state index contributed by atoms with van der Waals surface area (Å²) in [6.07, 6.45) is -4.80. The second-order valence-corrected chi connectivity index (χ2v) is 5.71. The number of hydrogen-bond acceptors (Lipinski definition) is 4. The van der Waals surface area contributed by atoms with E-state index in [0.717, 1.165) is 6.92 Å². The van der Waals surface area contributed by atoms with Crippen LogP contribution in [0.25, 0.3) is 0 Å². The van der Waals surface area contributed by atoms with Crippen molar-refractivity contribution in [3.05, 3.63) is 29.3 Å². The van der Waals surface area contributed by atoms with Crippen molar-refractivity contribution in [2.45, 2.75) is 24.0 Å². The smallest absolute Gasteiger partial charge is 0.417 e. The van der Waals surface area contributed by atoms with Crippen molar-refractivity contribution < 1.29 is 31.5 Å². The molecule has 0 aliphatic heterocycles. The Hall–Kier alpha value is -2.12. The lowest BCUT2D eigenvalue weighted by Crippen LogP contribution is -2.38. The maximum Gasteiger partial charge on any atom is 0.417 e. The highest BCUT2D eigenvalue weighted by molar-refractivity contribution is 7.89. The van der Waals surface area contributed by atoms with Gasteiger partial charge in [0.2, 0.25) is 10.0 Å². The summed E-state index contributed by atoms with van der Waals surface area (Å²) < 4.78 is 63.1. The first-order valence-electron chi connectivity index (χ1n) is 5.35. The minimum Gasteiger partial charge on any atom is -0.480 e. The van der Waals surface area contributed by atoms with E-state index < -0.39 is 44.2 Å². The Morgan fingerprint density at radius 3 is 2.43 bits per heavy atom. The van der Waals surface area contributed by atoms with Crippen molar-refractivity contribution in [3.8, 4) is 6.07 Å². The third-order valence-electron chi connectivity index (χ3n) is 2.43. The summed E-state index contributed by atoms with van der Waals surface area (Å²) in [5.41, 5.74) is -2.14. The zero-order valence-corrected chi connectivity index (χ0v) is 11.3. The van der Waals surface area contributed by atoms with E-state index in [2.05, 4.69) is 0 Å². The van der Waals surface area contributed by atoms with Crippen molar-refractivity contribution in [2.24, 2.45) is 0 Å². The Kier molecular flexibility index (Phi) is 4.60. The molecule has 0 saturated heterocycles. The van der Waals surface area contributed by atoms with Crippen molar-refractivity contribution in [1.29, 1.82) is 5.26 Å². The molecule has 6 nitrogen and oxygen atoms in total. The van der Waals surface area contributed by atoms with Gasteiger partial charge in [0, 0.05) is 0 Å². The largest absolute Gasteiger partial charge is 0.480 e. The van der Waals surface area contributed by atoms with Gasteiger partial charge in [-0.2, -0.15) is 23.2 Å². The lowest BCUT2D eigenvalue weighted by Gasteiger charge is -2.13. The van der Waals surface area contributed by atoms with E-state index in [9.17, 15) is 26.4 Å². The molecular formula is C11H9F3N2O4S. The van der Waals surface area contributed by atoms with Crippen LogP contribution in [0.3, 0.4) is 0 Å². The van der Waals surface area contributed by atoms with Crippen LogP contribution in [0.1, 0.15) is 18.1 Å². The van der Waals surface area contributed by atoms with Gasteiger partial charge in [-0.3, -0.25) is 4.79 Å². The van der Waals surface area contributed by atoms with Crippen LogP contribution < -0.4 is 4.72 Å². The molecule has 0 spiro atoms. The number of nitrogens with zero attached hydrogens (tertiary/aromatic N) is 1. The third-order valence-corrected chi connectivity index (χ3v) is 3.97. The van der Waals surface area contributed by atoms with E-state index >= 15 is 0 Å². The van der Waals surface area contributed by atoms with Crippen LogP contribution in [-0.4, -0.2) is 25.5 Å². The van der Waals surface area contributed by atoms with Crippen LogP contribution in [0, 0.1) is 11.3 Å². The minimum absolute atomic E-state index is 0.457. The van der Waals surface area contributed by atoms with Gasteiger partial charge in [-0.15, -0.1) is 0 Å². The second-order valence-electron chi connectivity index (χ2n) is 4.00. The Labute approximate surface area is 117 Å². The van der Waals surface area contributed by atoms with Crippen molar-refractivity contribution in [3.63, 3.8) is 0 Å². The molecule has 21 heavy (non-hydrogen) atoms. The average molecular weight is 322 g/mol. The monoisotopic (exact) mass is 322 g/mol. The lowest BCUT2D eigenvalue weighted by atomic mass is 10.1. The quantitative estimate of drug-likeness (QED) is 0.869. The number of halogens is 3. The molecular weight excluding hydrogens is 313 g/mol. The van der Waals surface area contributed by atoms with Gasteiger partial charge in [0.1, 0.15) is 6.04 Å². The Balaban J connectivity index is 3.28. The topological polar surface area (TPSA) is 107 Å². The Morgan fingerprint density at radius 2 is 2.00 bits per heavy atom. The van der Waals surface area contributed by atoms with Gasteiger partial charge in [-0.25, -0.2) is 8.42 Å². The fourth-order valence-corrected chi connectivity index (χ4v) is 2.60. The lowest BCUT2D eigenvalue weighted by molar-refractivity contribution is -0.139. The van der Waals surface area contributed by atoms with E-state index in [1.807, 2.05) is 0 Å². The van der Waals surface area contributed by atoms with Crippen LogP contribution in [0.15, 0.2) is 23.1 Å². The molecule has 0 amide bonds. The van der Waals surface area contributed by atoms with E-state index in [0.29, 0.717) is 18.2 Å². The number of nitriles is 1. The van der Waals surface area contributed by atoms with E-state index in [1.165, 1.54) is 6.07 Å². The molecule has 0 aromatic heterocycles. The molecule has 0 fully saturated rings. The summed E-state index contributed by atoms with van der Waals surface area (Å²) in [4.78, 5) is 9.96. The van der Waals surface area contributed by atoms with Gasteiger partial charge in [0.25, 0.3) is 0 Å². The summed E-state index contributed by atoms with van der Waals surface area (Å²) in [5, 5.41) is 17.3. The highest BCUT2D eigenvalue weighted by Gasteiger charge is 2.34.